The maximum absolute atomic E-state index is 6.14. The summed E-state index contributed by atoms with van der Waals surface area (Å²) in [5.74, 6) is 1.46. The molecule has 1 aromatic rings. The van der Waals surface area contributed by atoms with Crippen LogP contribution in [0.25, 0.3) is 0 Å². The van der Waals surface area contributed by atoms with E-state index in [1.165, 1.54) is 12.1 Å². The van der Waals surface area contributed by atoms with Crippen molar-refractivity contribution in [2.75, 3.05) is 37.7 Å². The molecule has 30 heavy (non-hydrogen) atoms. The maximum Gasteiger partial charge on any atom is 0.191 e. The number of guanidine groups is 1. The molecule has 0 amide bonds. The Bertz CT molecular complexity index is 638. The minimum absolute atomic E-state index is 0. The first kappa shape index (κ1) is 25.2. The third-order valence-electron chi connectivity index (χ3n) is 6.08. The zero-order valence-corrected chi connectivity index (χ0v) is 21.5. The van der Waals surface area contributed by atoms with Gasteiger partial charge in [-0.3, -0.25) is 4.99 Å². The molecule has 5 nitrogen and oxygen atoms in total. The Morgan fingerprint density at radius 3 is 2.47 bits per heavy atom. The van der Waals surface area contributed by atoms with Crippen LogP contribution in [-0.2, 0) is 4.74 Å². The van der Waals surface area contributed by atoms with Gasteiger partial charge in [-0.05, 0) is 50.2 Å². The molecule has 0 aromatic heterocycles. The van der Waals surface area contributed by atoms with Crippen LogP contribution in [0.2, 0.25) is 0 Å². The Hall–Kier alpha value is -1.02. The monoisotopic (exact) mass is 528 g/mol. The van der Waals surface area contributed by atoms with Crippen LogP contribution >= 0.6 is 24.0 Å². The number of aliphatic imine (C=N–C) groups is 1. The van der Waals surface area contributed by atoms with E-state index in [9.17, 15) is 0 Å². The summed E-state index contributed by atoms with van der Waals surface area (Å²) in [6, 6.07) is 11.2. The van der Waals surface area contributed by atoms with Crippen molar-refractivity contribution in [3.63, 3.8) is 0 Å². The van der Waals surface area contributed by atoms with Gasteiger partial charge in [0.1, 0.15) is 0 Å². The SMILES string of the molecule is CCNC(=NCC1CCCOC1C(C)(C)C)NC1CCN(c2ccccc2)CC1.I. The summed E-state index contributed by atoms with van der Waals surface area (Å²) >= 11 is 0. The standard InChI is InChI=1S/C24H40N4O.HI/c1-5-25-23(26-18-19-10-9-17-29-22(19)24(2,3)4)27-20-13-15-28(16-14-20)21-11-7-6-8-12-21;/h6-8,11-12,19-20,22H,5,9-10,13-18H2,1-4H3,(H2,25,26,27);1H. The summed E-state index contributed by atoms with van der Waals surface area (Å²) in [4.78, 5) is 7.45. The average molecular weight is 529 g/mol. The van der Waals surface area contributed by atoms with E-state index in [1.54, 1.807) is 0 Å². The van der Waals surface area contributed by atoms with Crippen molar-refractivity contribution in [2.45, 2.75) is 65.5 Å². The molecule has 3 rings (SSSR count). The molecule has 2 aliphatic heterocycles. The van der Waals surface area contributed by atoms with Crippen LogP contribution in [0.1, 0.15) is 53.4 Å². The van der Waals surface area contributed by atoms with Gasteiger partial charge in [0.05, 0.1) is 6.10 Å². The minimum Gasteiger partial charge on any atom is -0.377 e. The van der Waals surface area contributed by atoms with Gasteiger partial charge in [0.15, 0.2) is 5.96 Å². The van der Waals surface area contributed by atoms with Crippen molar-refractivity contribution < 1.29 is 4.74 Å². The Balaban J connectivity index is 0.00000320. The number of hydrogen-bond donors (Lipinski definition) is 2. The molecule has 2 fully saturated rings. The normalized spacial score (nSPS) is 23.6. The summed E-state index contributed by atoms with van der Waals surface area (Å²) in [5, 5.41) is 7.14. The predicted octanol–water partition coefficient (Wildman–Crippen LogP) is 4.67. The molecule has 0 saturated carbocycles. The maximum atomic E-state index is 6.14. The summed E-state index contributed by atoms with van der Waals surface area (Å²) in [5.41, 5.74) is 1.49. The third-order valence-corrected chi connectivity index (χ3v) is 6.08. The van der Waals surface area contributed by atoms with E-state index >= 15 is 0 Å². The fourth-order valence-electron chi connectivity index (χ4n) is 4.63. The van der Waals surface area contributed by atoms with Crippen LogP contribution in [0.15, 0.2) is 35.3 Å². The number of ether oxygens (including phenoxy) is 1. The number of nitrogens with one attached hydrogen (secondary N) is 2. The lowest BCUT2D eigenvalue weighted by Gasteiger charge is -2.39. The van der Waals surface area contributed by atoms with Gasteiger partial charge in [-0.15, -0.1) is 24.0 Å². The van der Waals surface area contributed by atoms with Crippen molar-refractivity contribution in [1.29, 1.82) is 0 Å². The molecule has 2 N–H and O–H groups in total. The fraction of sp³-hybridized carbons (Fsp3) is 0.708. The average Bonchev–Trinajstić information content (AvgIpc) is 2.73. The molecule has 6 heteroatoms. The molecule has 2 aliphatic rings. The van der Waals surface area contributed by atoms with Gasteiger partial charge >= 0.3 is 0 Å². The van der Waals surface area contributed by atoms with Crippen LogP contribution in [0.5, 0.6) is 0 Å². The van der Waals surface area contributed by atoms with Gasteiger partial charge < -0.3 is 20.3 Å². The number of halogens is 1. The van der Waals surface area contributed by atoms with E-state index < -0.39 is 0 Å². The smallest absolute Gasteiger partial charge is 0.191 e. The zero-order valence-electron chi connectivity index (χ0n) is 19.2. The molecule has 0 radical (unpaired) electrons. The molecular formula is C24H41IN4O. The number of piperidine rings is 1. The van der Waals surface area contributed by atoms with E-state index in [2.05, 4.69) is 73.6 Å². The van der Waals surface area contributed by atoms with E-state index in [1.807, 2.05) is 0 Å². The number of nitrogens with zero attached hydrogens (tertiary/aromatic N) is 2. The fourth-order valence-corrected chi connectivity index (χ4v) is 4.63. The summed E-state index contributed by atoms with van der Waals surface area (Å²) in [6.45, 7) is 13.8. The highest BCUT2D eigenvalue weighted by Gasteiger charge is 2.35. The first-order chi connectivity index (χ1) is 14.0. The Morgan fingerprint density at radius 2 is 1.83 bits per heavy atom. The van der Waals surface area contributed by atoms with Gasteiger partial charge in [-0.1, -0.05) is 39.0 Å². The van der Waals surface area contributed by atoms with Crippen LogP contribution < -0.4 is 15.5 Å². The highest BCUT2D eigenvalue weighted by Crippen LogP contribution is 2.34. The molecule has 2 heterocycles. The van der Waals surface area contributed by atoms with Gasteiger partial charge in [0.2, 0.25) is 0 Å². The van der Waals surface area contributed by atoms with Gasteiger partial charge in [0, 0.05) is 50.4 Å². The molecule has 0 aliphatic carbocycles. The lowest BCUT2D eigenvalue weighted by molar-refractivity contribution is -0.0823. The number of benzene rings is 1. The van der Waals surface area contributed by atoms with E-state index in [4.69, 9.17) is 9.73 Å². The third kappa shape index (κ3) is 7.29. The van der Waals surface area contributed by atoms with E-state index in [0.717, 1.165) is 58.0 Å². The first-order valence-electron chi connectivity index (χ1n) is 11.4. The van der Waals surface area contributed by atoms with Crippen molar-refractivity contribution in [1.82, 2.24) is 10.6 Å². The van der Waals surface area contributed by atoms with Crippen molar-refractivity contribution in [3.05, 3.63) is 30.3 Å². The number of hydrogen-bond acceptors (Lipinski definition) is 3. The second-order valence-corrected chi connectivity index (χ2v) is 9.52. The van der Waals surface area contributed by atoms with Crippen molar-refractivity contribution >= 4 is 35.6 Å². The molecule has 2 saturated heterocycles. The molecule has 2 unspecified atom stereocenters. The Kier molecular flexibility index (Phi) is 10.2. The van der Waals surface area contributed by atoms with Crippen molar-refractivity contribution in [3.8, 4) is 0 Å². The molecule has 2 atom stereocenters. The number of para-hydroxylation sites is 1. The number of anilines is 1. The Morgan fingerprint density at radius 1 is 1.13 bits per heavy atom. The van der Waals surface area contributed by atoms with Crippen LogP contribution in [0.3, 0.4) is 0 Å². The van der Waals surface area contributed by atoms with E-state index in [0.29, 0.717) is 12.0 Å². The second kappa shape index (κ2) is 12.1. The predicted molar refractivity (Wildman–Crippen MR) is 138 cm³/mol. The molecule has 1 aromatic carbocycles. The van der Waals surface area contributed by atoms with Gasteiger partial charge in [-0.25, -0.2) is 0 Å². The van der Waals surface area contributed by atoms with Gasteiger partial charge in [-0.2, -0.15) is 0 Å². The largest absolute Gasteiger partial charge is 0.377 e. The lowest BCUT2D eigenvalue weighted by atomic mass is 9.78. The Labute approximate surface area is 200 Å². The van der Waals surface area contributed by atoms with Crippen LogP contribution in [0, 0.1) is 11.3 Å². The quantitative estimate of drug-likeness (QED) is 0.332. The first-order valence-corrected chi connectivity index (χ1v) is 11.4. The molecular weight excluding hydrogens is 487 g/mol. The molecule has 170 valence electrons. The van der Waals surface area contributed by atoms with E-state index in [-0.39, 0.29) is 35.5 Å². The van der Waals surface area contributed by atoms with Crippen LogP contribution in [-0.4, -0.2) is 50.9 Å². The summed E-state index contributed by atoms with van der Waals surface area (Å²) in [6.07, 6.45) is 4.92. The van der Waals surface area contributed by atoms with Gasteiger partial charge in [0.25, 0.3) is 0 Å². The number of rotatable bonds is 5. The second-order valence-electron chi connectivity index (χ2n) is 9.52. The highest BCUT2D eigenvalue weighted by molar-refractivity contribution is 14.0. The zero-order chi connectivity index (χ0) is 20.7. The topological polar surface area (TPSA) is 48.9 Å². The molecule has 0 spiro atoms. The van der Waals surface area contributed by atoms with Crippen molar-refractivity contribution in [2.24, 2.45) is 16.3 Å². The lowest BCUT2D eigenvalue weighted by Crippen LogP contribution is -2.49. The summed E-state index contributed by atoms with van der Waals surface area (Å²) in [7, 11) is 0. The van der Waals surface area contributed by atoms with Crippen LogP contribution in [0.4, 0.5) is 5.69 Å². The highest BCUT2D eigenvalue weighted by atomic mass is 127. The summed E-state index contributed by atoms with van der Waals surface area (Å²) < 4.78 is 6.14. The molecule has 0 bridgehead atoms. The minimum atomic E-state index is 0.